The Bertz CT molecular complexity index is 381. The molecule has 0 fully saturated rings. The van der Waals surface area contributed by atoms with Crippen LogP contribution < -0.4 is 11.2 Å². The highest BCUT2D eigenvalue weighted by atomic mass is 35.5. The summed E-state index contributed by atoms with van der Waals surface area (Å²) in [5.74, 6) is 0. The average molecular weight is 191 g/mol. The van der Waals surface area contributed by atoms with E-state index < -0.39 is 11.2 Å². The highest BCUT2D eigenvalue weighted by molar-refractivity contribution is 6.29. The smallest absolute Gasteiger partial charge is 0.331 e. The van der Waals surface area contributed by atoms with E-state index in [1.165, 1.54) is 7.11 Å². The molecular weight excluding hydrogens is 184 g/mol. The van der Waals surface area contributed by atoms with E-state index in [1.807, 2.05) is 0 Å². The van der Waals surface area contributed by atoms with Gasteiger partial charge in [0.15, 0.2) is 0 Å². The maximum Gasteiger partial charge on any atom is 0.331 e. The first-order valence-electron chi connectivity index (χ1n) is 3.13. The zero-order valence-electron chi connectivity index (χ0n) is 6.33. The number of nitrogens with one attached hydrogen (secondary N) is 1. The third-order valence-electron chi connectivity index (χ3n) is 1.24. The molecule has 1 rings (SSSR count). The molecule has 0 amide bonds. The van der Waals surface area contributed by atoms with E-state index in [-0.39, 0.29) is 11.9 Å². The minimum Gasteiger partial charge on any atom is -0.364 e. The van der Waals surface area contributed by atoms with Gasteiger partial charge in [-0.15, -0.1) is 0 Å². The van der Waals surface area contributed by atoms with Gasteiger partial charge in [-0.1, -0.05) is 11.6 Å². The highest BCUT2D eigenvalue weighted by Crippen LogP contribution is 1.99. The van der Waals surface area contributed by atoms with Crippen LogP contribution in [0.4, 0.5) is 0 Å². The van der Waals surface area contributed by atoms with Crippen molar-refractivity contribution in [2.24, 2.45) is 0 Å². The maximum absolute atomic E-state index is 11.0. The molecule has 0 atom stereocenters. The molecule has 0 unspecified atom stereocenters. The summed E-state index contributed by atoms with van der Waals surface area (Å²) >= 11 is 5.58. The van der Waals surface area contributed by atoms with Crippen LogP contribution in [-0.4, -0.2) is 16.7 Å². The quantitative estimate of drug-likeness (QED) is 0.657. The molecule has 0 saturated carbocycles. The zero-order valence-corrected chi connectivity index (χ0v) is 7.09. The fourth-order valence-corrected chi connectivity index (χ4v) is 0.966. The van der Waals surface area contributed by atoms with Gasteiger partial charge in [-0.05, 0) is 0 Å². The fourth-order valence-electron chi connectivity index (χ4n) is 0.741. The second-order valence-corrected chi connectivity index (χ2v) is 2.49. The molecule has 12 heavy (non-hydrogen) atoms. The van der Waals surface area contributed by atoms with Crippen LogP contribution in [0.2, 0.25) is 5.15 Å². The predicted octanol–water partition coefficient (Wildman–Crippen LogP) is -0.206. The van der Waals surface area contributed by atoms with Crippen molar-refractivity contribution >= 4 is 11.6 Å². The normalized spacial score (nSPS) is 10.2. The minimum atomic E-state index is -0.575. The monoisotopic (exact) mass is 190 g/mol. The largest absolute Gasteiger partial charge is 0.364 e. The molecule has 1 N–H and O–H groups in total. The van der Waals surface area contributed by atoms with Gasteiger partial charge < -0.3 is 4.74 Å². The maximum atomic E-state index is 11.0. The van der Waals surface area contributed by atoms with Crippen molar-refractivity contribution in [2.45, 2.75) is 6.73 Å². The molecule has 1 aromatic heterocycles. The van der Waals surface area contributed by atoms with E-state index in [9.17, 15) is 9.59 Å². The molecule has 0 aliphatic carbocycles. The number of aromatic nitrogens is 2. The number of hydrogen-bond acceptors (Lipinski definition) is 3. The predicted molar refractivity (Wildman–Crippen MR) is 43.3 cm³/mol. The average Bonchev–Trinajstić information content (AvgIpc) is 1.96. The van der Waals surface area contributed by atoms with Crippen molar-refractivity contribution in [1.29, 1.82) is 0 Å². The number of halogens is 1. The van der Waals surface area contributed by atoms with Gasteiger partial charge in [0, 0.05) is 13.2 Å². The van der Waals surface area contributed by atoms with Gasteiger partial charge in [-0.3, -0.25) is 14.3 Å². The molecule has 1 aromatic rings. The lowest BCUT2D eigenvalue weighted by Crippen LogP contribution is -2.30. The van der Waals surface area contributed by atoms with E-state index in [4.69, 9.17) is 11.6 Å². The van der Waals surface area contributed by atoms with Gasteiger partial charge in [0.2, 0.25) is 0 Å². The summed E-state index contributed by atoms with van der Waals surface area (Å²) in [6, 6.07) is 1.11. The molecule has 1 heterocycles. The molecule has 0 bridgehead atoms. The molecule has 0 spiro atoms. The Balaban J connectivity index is 3.29. The van der Waals surface area contributed by atoms with Crippen LogP contribution in [0, 0.1) is 0 Å². The molecule has 6 heteroatoms. The number of nitrogens with zero attached hydrogens (tertiary/aromatic N) is 1. The Hall–Kier alpha value is -1.07. The first-order chi connectivity index (χ1) is 5.65. The van der Waals surface area contributed by atoms with Gasteiger partial charge in [0.25, 0.3) is 5.56 Å². The van der Waals surface area contributed by atoms with E-state index in [2.05, 4.69) is 9.72 Å². The van der Waals surface area contributed by atoms with E-state index in [0.29, 0.717) is 0 Å². The Morgan fingerprint density at radius 2 is 2.33 bits per heavy atom. The number of H-pyrrole nitrogens is 1. The second kappa shape index (κ2) is 3.55. The van der Waals surface area contributed by atoms with Crippen molar-refractivity contribution in [3.8, 4) is 0 Å². The van der Waals surface area contributed by atoms with Crippen LogP contribution in [0.15, 0.2) is 15.7 Å². The van der Waals surface area contributed by atoms with Crippen molar-refractivity contribution in [3.63, 3.8) is 0 Å². The standard InChI is InChI=1S/C6H7ClN2O3/c1-12-3-9-4(7)2-5(10)8-6(9)11/h2H,3H2,1H3,(H,8,10,11). The second-order valence-electron chi connectivity index (χ2n) is 2.11. The van der Waals surface area contributed by atoms with Crippen molar-refractivity contribution < 1.29 is 4.74 Å². The zero-order chi connectivity index (χ0) is 9.14. The van der Waals surface area contributed by atoms with Gasteiger partial charge >= 0.3 is 5.69 Å². The number of hydrogen-bond donors (Lipinski definition) is 1. The molecular formula is C6H7ClN2O3. The molecule has 0 radical (unpaired) electrons. The van der Waals surface area contributed by atoms with Crippen molar-refractivity contribution in [2.75, 3.05) is 7.11 Å². The molecule has 0 aliphatic heterocycles. The SMILES string of the molecule is COCn1c(Cl)cc(=O)[nH]c1=O. The summed E-state index contributed by atoms with van der Waals surface area (Å²) in [4.78, 5) is 23.7. The van der Waals surface area contributed by atoms with Gasteiger partial charge in [-0.2, -0.15) is 0 Å². The summed E-state index contributed by atoms with van der Waals surface area (Å²) in [6.45, 7) is 0.0223. The van der Waals surface area contributed by atoms with E-state index in [0.717, 1.165) is 10.6 Å². The number of aromatic amines is 1. The fraction of sp³-hybridized carbons (Fsp3) is 0.333. The number of methoxy groups -OCH3 is 1. The lowest BCUT2D eigenvalue weighted by molar-refractivity contribution is 0.127. The minimum absolute atomic E-state index is 0.0223. The van der Waals surface area contributed by atoms with E-state index in [1.54, 1.807) is 0 Å². The van der Waals surface area contributed by atoms with Crippen molar-refractivity contribution in [1.82, 2.24) is 9.55 Å². The highest BCUT2D eigenvalue weighted by Gasteiger charge is 2.01. The Labute approximate surface area is 72.6 Å². The molecule has 0 aliphatic rings. The van der Waals surface area contributed by atoms with Gasteiger partial charge in [0.1, 0.15) is 11.9 Å². The van der Waals surface area contributed by atoms with Crippen LogP contribution in [0.1, 0.15) is 0 Å². The van der Waals surface area contributed by atoms with Crippen molar-refractivity contribution in [3.05, 3.63) is 32.1 Å². The molecule has 66 valence electrons. The third kappa shape index (κ3) is 1.75. The Kier molecular flexibility index (Phi) is 2.67. The lowest BCUT2D eigenvalue weighted by Gasteiger charge is -2.03. The lowest BCUT2D eigenvalue weighted by atomic mass is 10.6. The van der Waals surface area contributed by atoms with Crippen LogP contribution in [0.3, 0.4) is 0 Å². The first kappa shape index (κ1) is 9.02. The summed E-state index contributed by atoms with van der Waals surface area (Å²) in [5, 5.41) is 0.0607. The number of ether oxygens (including phenoxy) is 1. The van der Waals surface area contributed by atoms with Crippen LogP contribution in [-0.2, 0) is 11.5 Å². The third-order valence-corrected chi connectivity index (χ3v) is 1.55. The van der Waals surface area contributed by atoms with Crippen LogP contribution in [0.5, 0.6) is 0 Å². The summed E-state index contributed by atoms with van der Waals surface area (Å²) < 4.78 is 5.79. The summed E-state index contributed by atoms with van der Waals surface area (Å²) in [7, 11) is 1.42. The van der Waals surface area contributed by atoms with Crippen LogP contribution >= 0.6 is 11.6 Å². The topological polar surface area (TPSA) is 64.1 Å². The summed E-state index contributed by atoms with van der Waals surface area (Å²) in [5.41, 5.74) is -1.09. The van der Waals surface area contributed by atoms with Gasteiger partial charge in [-0.25, -0.2) is 4.79 Å². The van der Waals surface area contributed by atoms with Gasteiger partial charge in [0.05, 0.1) is 0 Å². The molecule has 0 aromatic carbocycles. The first-order valence-corrected chi connectivity index (χ1v) is 3.51. The summed E-state index contributed by atoms with van der Waals surface area (Å²) in [6.07, 6.45) is 0. The Morgan fingerprint density at radius 3 is 2.83 bits per heavy atom. The molecule has 0 saturated heterocycles. The van der Waals surface area contributed by atoms with E-state index >= 15 is 0 Å². The number of rotatable bonds is 2. The Morgan fingerprint density at radius 1 is 1.67 bits per heavy atom. The molecule has 5 nitrogen and oxygen atoms in total. The van der Waals surface area contributed by atoms with Crippen LogP contribution in [0.25, 0.3) is 0 Å².